The lowest BCUT2D eigenvalue weighted by Gasteiger charge is -2.12. The van der Waals surface area contributed by atoms with Gasteiger partial charge in [0.25, 0.3) is 0 Å². The van der Waals surface area contributed by atoms with Gasteiger partial charge in [-0.25, -0.2) is 4.98 Å². The summed E-state index contributed by atoms with van der Waals surface area (Å²) in [5.41, 5.74) is 4.92. The van der Waals surface area contributed by atoms with Gasteiger partial charge in [0, 0.05) is 32.8 Å². The number of aliphatic imine (C=N–C) groups is 1. The van der Waals surface area contributed by atoms with Gasteiger partial charge in [0.2, 0.25) is 5.91 Å². The zero-order chi connectivity index (χ0) is 19.6. The molecule has 152 valence electrons. The van der Waals surface area contributed by atoms with Gasteiger partial charge < -0.3 is 16.0 Å². The van der Waals surface area contributed by atoms with Crippen LogP contribution in [0.4, 0.5) is 5.82 Å². The molecule has 0 saturated heterocycles. The molecule has 1 aromatic carbocycles. The number of pyridine rings is 1. The summed E-state index contributed by atoms with van der Waals surface area (Å²) in [7, 11) is 1.72. The number of rotatable bonds is 7. The van der Waals surface area contributed by atoms with E-state index in [1.807, 2.05) is 13.0 Å². The molecule has 0 saturated carbocycles. The van der Waals surface area contributed by atoms with E-state index in [4.69, 9.17) is 0 Å². The van der Waals surface area contributed by atoms with Crippen LogP contribution in [0, 0.1) is 20.8 Å². The van der Waals surface area contributed by atoms with Crippen LogP contribution in [0.25, 0.3) is 0 Å². The Morgan fingerprint density at radius 1 is 1.00 bits per heavy atom. The van der Waals surface area contributed by atoms with E-state index in [0.29, 0.717) is 24.7 Å². The maximum absolute atomic E-state index is 12.0. The summed E-state index contributed by atoms with van der Waals surface area (Å²) in [6.07, 6.45) is 2.99. The number of aryl methyl sites for hydroxylation is 3. The molecule has 0 aliphatic carbocycles. The second kappa shape index (κ2) is 12.3. The topological polar surface area (TPSA) is 78.4 Å². The fourth-order valence-corrected chi connectivity index (χ4v) is 2.80. The number of anilines is 1. The monoisotopic (exact) mass is 495 g/mol. The lowest BCUT2D eigenvalue weighted by molar-refractivity contribution is -0.116. The maximum Gasteiger partial charge on any atom is 0.227 e. The van der Waals surface area contributed by atoms with Crippen LogP contribution >= 0.6 is 24.0 Å². The molecule has 0 unspecified atom stereocenters. The first kappa shape index (κ1) is 23.9. The molecule has 0 spiro atoms. The van der Waals surface area contributed by atoms with Crippen LogP contribution in [0.15, 0.2) is 41.5 Å². The first-order chi connectivity index (χ1) is 13.0. The van der Waals surface area contributed by atoms with Crippen molar-refractivity contribution in [1.82, 2.24) is 15.6 Å². The summed E-state index contributed by atoms with van der Waals surface area (Å²) >= 11 is 0. The van der Waals surface area contributed by atoms with Crippen molar-refractivity contribution >= 4 is 41.7 Å². The summed E-state index contributed by atoms with van der Waals surface area (Å²) in [6, 6.07) is 10.3. The Hall–Kier alpha value is -2.16. The third-order valence-electron chi connectivity index (χ3n) is 4.03. The van der Waals surface area contributed by atoms with Crippen LogP contribution in [-0.2, 0) is 11.2 Å². The van der Waals surface area contributed by atoms with Gasteiger partial charge in [-0.2, -0.15) is 0 Å². The number of halogens is 1. The highest BCUT2D eigenvalue weighted by Crippen LogP contribution is 2.09. The third-order valence-corrected chi connectivity index (χ3v) is 4.03. The maximum atomic E-state index is 12.0. The molecule has 1 aromatic heterocycles. The second-order valence-corrected chi connectivity index (χ2v) is 6.69. The molecule has 0 fully saturated rings. The predicted octanol–water partition coefficient (Wildman–Crippen LogP) is 3.36. The Morgan fingerprint density at radius 2 is 1.68 bits per heavy atom. The highest BCUT2D eigenvalue weighted by molar-refractivity contribution is 14.0. The number of carbonyl (C=O) groups excluding carboxylic acids is 1. The van der Waals surface area contributed by atoms with Gasteiger partial charge in [0.1, 0.15) is 5.82 Å². The molecule has 0 aliphatic heterocycles. The number of nitrogens with zero attached hydrogens (tertiary/aromatic N) is 2. The standard InChI is InChI=1S/C21H29N5O.HI/c1-15-5-6-19(25-14-15)26-20(27)8-10-24-21(22-4)23-9-7-18-12-16(2)11-17(3)13-18;/h5-6,11-14H,7-10H2,1-4H3,(H2,22,23,24)(H,25,26,27);1H. The first-order valence-corrected chi connectivity index (χ1v) is 9.20. The molecule has 0 atom stereocenters. The Morgan fingerprint density at radius 3 is 2.29 bits per heavy atom. The fourth-order valence-electron chi connectivity index (χ4n) is 2.80. The minimum atomic E-state index is -0.0791. The minimum absolute atomic E-state index is 0. The first-order valence-electron chi connectivity index (χ1n) is 9.20. The molecular weight excluding hydrogens is 465 g/mol. The normalized spacial score (nSPS) is 10.8. The number of benzene rings is 1. The summed E-state index contributed by atoms with van der Waals surface area (Å²) in [5, 5.41) is 9.23. The number of hydrogen-bond donors (Lipinski definition) is 3. The van der Waals surface area contributed by atoms with Gasteiger partial charge >= 0.3 is 0 Å². The van der Waals surface area contributed by atoms with Crippen molar-refractivity contribution in [3.63, 3.8) is 0 Å². The van der Waals surface area contributed by atoms with Crippen LogP contribution in [0.1, 0.15) is 28.7 Å². The molecule has 1 heterocycles. The highest BCUT2D eigenvalue weighted by atomic mass is 127. The molecule has 2 rings (SSSR count). The Kier molecular flexibility index (Phi) is 10.5. The smallest absolute Gasteiger partial charge is 0.227 e. The van der Waals surface area contributed by atoms with E-state index in [9.17, 15) is 4.79 Å². The zero-order valence-electron chi connectivity index (χ0n) is 17.0. The number of guanidine groups is 1. The summed E-state index contributed by atoms with van der Waals surface area (Å²) in [6.45, 7) is 7.47. The van der Waals surface area contributed by atoms with Crippen molar-refractivity contribution in [2.75, 3.05) is 25.5 Å². The lowest BCUT2D eigenvalue weighted by atomic mass is 10.1. The van der Waals surface area contributed by atoms with E-state index in [1.54, 1.807) is 19.3 Å². The molecule has 28 heavy (non-hydrogen) atoms. The minimum Gasteiger partial charge on any atom is -0.356 e. The van der Waals surface area contributed by atoms with Crippen molar-refractivity contribution in [3.8, 4) is 0 Å². The van der Waals surface area contributed by atoms with E-state index < -0.39 is 0 Å². The number of carbonyl (C=O) groups is 1. The van der Waals surface area contributed by atoms with E-state index in [2.05, 4.69) is 58.0 Å². The average Bonchev–Trinajstić information content (AvgIpc) is 2.61. The van der Waals surface area contributed by atoms with Gasteiger partial charge in [-0.15, -0.1) is 24.0 Å². The molecule has 0 bridgehead atoms. The molecule has 0 radical (unpaired) electrons. The van der Waals surface area contributed by atoms with Crippen molar-refractivity contribution in [1.29, 1.82) is 0 Å². The van der Waals surface area contributed by atoms with Gasteiger partial charge in [0.15, 0.2) is 5.96 Å². The number of hydrogen-bond acceptors (Lipinski definition) is 3. The van der Waals surface area contributed by atoms with Crippen molar-refractivity contribution in [2.24, 2.45) is 4.99 Å². The van der Waals surface area contributed by atoms with E-state index in [0.717, 1.165) is 18.5 Å². The van der Waals surface area contributed by atoms with E-state index in [-0.39, 0.29) is 29.9 Å². The van der Waals surface area contributed by atoms with Crippen molar-refractivity contribution in [2.45, 2.75) is 33.6 Å². The van der Waals surface area contributed by atoms with E-state index >= 15 is 0 Å². The lowest BCUT2D eigenvalue weighted by Crippen LogP contribution is -2.39. The molecule has 1 amide bonds. The van der Waals surface area contributed by atoms with Crippen molar-refractivity contribution in [3.05, 3.63) is 58.8 Å². The van der Waals surface area contributed by atoms with Crippen LogP contribution in [-0.4, -0.2) is 37.0 Å². The van der Waals surface area contributed by atoms with E-state index in [1.165, 1.54) is 16.7 Å². The van der Waals surface area contributed by atoms with Crippen LogP contribution in [0.3, 0.4) is 0 Å². The Balaban J connectivity index is 0.00000392. The SMILES string of the molecule is CN=C(NCCC(=O)Nc1ccc(C)cn1)NCCc1cc(C)cc(C)c1.I. The largest absolute Gasteiger partial charge is 0.356 e. The van der Waals surface area contributed by atoms with Gasteiger partial charge in [-0.05, 0) is 44.4 Å². The van der Waals surface area contributed by atoms with Crippen molar-refractivity contribution < 1.29 is 4.79 Å². The zero-order valence-corrected chi connectivity index (χ0v) is 19.3. The number of aromatic nitrogens is 1. The van der Waals surface area contributed by atoms with Gasteiger partial charge in [0.05, 0.1) is 0 Å². The Labute approximate surface area is 184 Å². The van der Waals surface area contributed by atoms with Gasteiger partial charge in [-0.3, -0.25) is 9.79 Å². The van der Waals surface area contributed by atoms with Crippen LogP contribution in [0.2, 0.25) is 0 Å². The summed E-state index contributed by atoms with van der Waals surface area (Å²) in [4.78, 5) is 20.3. The number of nitrogens with one attached hydrogen (secondary N) is 3. The van der Waals surface area contributed by atoms with Crippen LogP contribution in [0.5, 0.6) is 0 Å². The molecule has 7 heteroatoms. The van der Waals surface area contributed by atoms with Gasteiger partial charge in [-0.1, -0.05) is 35.4 Å². The quantitative estimate of drug-likeness (QED) is 0.313. The predicted molar refractivity (Wildman–Crippen MR) is 127 cm³/mol. The summed E-state index contributed by atoms with van der Waals surface area (Å²) < 4.78 is 0. The molecular formula is C21H30IN5O. The summed E-state index contributed by atoms with van der Waals surface area (Å²) in [5.74, 6) is 1.19. The molecule has 3 N–H and O–H groups in total. The average molecular weight is 495 g/mol. The number of amides is 1. The molecule has 2 aromatic rings. The fraction of sp³-hybridized carbons (Fsp3) is 0.381. The Bertz CT molecular complexity index is 770. The second-order valence-electron chi connectivity index (χ2n) is 6.69. The third kappa shape index (κ3) is 8.69. The molecule has 0 aliphatic rings. The van der Waals surface area contributed by atoms with Crippen LogP contribution < -0.4 is 16.0 Å². The highest BCUT2D eigenvalue weighted by Gasteiger charge is 2.04. The molecule has 6 nitrogen and oxygen atoms in total.